The van der Waals surface area contributed by atoms with Crippen LogP contribution in [0.4, 0.5) is 5.69 Å². The van der Waals surface area contributed by atoms with Gasteiger partial charge in [0.15, 0.2) is 5.69 Å². The number of aromatic nitrogens is 4. The number of fused-ring (bicyclic) bond motifs is 1. The van der Waals surface area contributed by atoms with Crippen molar-refractivity contribution in [1.82, 2.24) is 20.0 Å². The number of amides is 1. The maximum Gasteiger partial charge on any atom is 0.276 e. The quantitative estimate of drug-likeness (QED) is 0.559. The van der Waals surface area contributed by atoms with Crippen LogP contribution in [-0.4, -0.2) is 25.9 Å². The summed E-state index contributed by atoms with van der Waals surface area (Å²) >= 11 is 0. The van der Waals surface area contributed by atoms with Gasteiger partial charge in [-0.15, -0.1) is 0 Å². The smallest absolute Gasteiger partial charge is 0.276 e. The molecule has 8 nitrogen and oxygen atoms in total. The molecule has 0 fully saturated rings. The van der Waals surface area contributed by atoms with Gasteiger partial charge in [0, 0.05) is 29.2 Å². The summed E-state index contributed by atoms with van der Waals surface area (Å²) in [4.78, 5) is 36.6. The van der Waals surface area contributed by atoms with Crippen molar-refractivity contribution >= 4 is 22.4 Å². The predicted octanol–water partition coefficient (Wildman–Crippen LogP) is 2.42. The van der Waals surface area contributed by atoms with Crippen molar-refractivity contribution in [3.05, 3.63) is 87.1 Å². The lowest BCUT2D eigenvalue weighted by Crippen LogP contribution is -2.27. The van der Waals surface area contributed by atoms with Crippen molar-refractivity contribution in [2.45, 2.75) is 13.5 Å². The third-order valence-corrected chi connectivity index (χ3v) is 4.48. The van der Waals surface area contributed by atoms with E-state index in [4.69, 9.17) is 0 Å². The molecule has 0 saturated carbocycles. The van der Waals surface area contributed by atoms with Gasteiger partial charge >= 0.3 is 0 Å². The first-order valence-electron chi connectivity index (χ1n) is 9.04. The highest BCUT2D eigenvalue weighted by Gasteiger charge is 2.16. The lowest BCUT2D eigenvalue weighted by Gasteiger charge is -2.11. The van der Waals surface area contributed by atoms with E-state index in [2.05, 4.69) is 20.6 Å². The maximum absolute atomic E-state index is 12.9. The fraction of sp³-hybridized carbons (Fsp3) is 0.0952. The van der Waals surface area contributed by atoms with E-state index in [1.807, 2.05) is 6.07 Å². The van der Waals surface area contributed by atoms with E-state index < -0.39 is 5.91 Å². The van der Waals surface area contributed by atoms with E-state index in [0.29, 0.717) is 28.7 Å². The zero-order valence-corrected chi connectivity index (χ0v) is 15.5. The van der Waals surface area contributed by atoms with Gasteiger partial charge in [0.05, 0.1) is 11.1 Å². The molecule has 0 bridgehead atoms. The van der Waals surface area contributed by atoms with Crippen molar-refractivity contribution < 1.29 is 4.79 Å². The van der Waals surface area contributed by atoms with Crippen LogP contribution in [0.3, 0.4) is 0 Å². The SMILES string of the molecule is CCn1nc(C(=O)Nc2cccc(-c3ccc(=O)[nH]n3)c2)c2ccccc2c1=O. The molecule has 0 atom stereocenters. The van der Waals surface area contributed by atoms with E-state index in [1.165, 1.54) is 10.7 Å². The number of aromatic amines is 1. The minimum Gasteiger partial charge on any atom is -0.321 e. The van der Waals surface area contributed by atoms with Gasteiger partial charge in [0.1, 0.15) is 0 Å². The Morgan fingerprint density at radius 2 is 1.83 bits per heavy atom. The van der Waals surface area contributed by atoms with Crippen molar-refractivity contribution in [1.29, 1.82) is 0 Å². The zero-order valence-electron chi connectivity index (χ0n) is 15.5. The lowest BCUT2D eigenvalue weighted by atomic mass is 10.1. The second-order valence-corrected chi connectivity index (χ2v) is 6.36. The zero-order chi connectivity index (χ0) is 20.4. The number of H-pyrrole nitrogens is 1. The third kappa shape index (κ3) is 3.55. The molecule has 144 valence electrons. The van der Waals surface area contributed by atoms with Crippen LogP contribution >= 0.6 is 0 Å². The van der Waals surface area contributed by atoms with Crippen LogP contribution in [0.25, 0.3) is 22.0 Å². The summed E-state index contributed by atoms with van der Waals surface area (Å²) in [6.07, 6.45) is 0. The Morgan fingerprint density at radius 3 is 2.55 bits per heavy atom. The van der Waals surface area contributed by atoms with Crippen LogP contribution in [0.2, 0.25) is 0 Å². The number of anilines is 1. The first kappa shape index (κ1) is 18.3. The Kier molecular flexibility index (Phi) is 4.74. The molecule has 8 heteroatoms. The van der Waals surface area contributed by atoms with Gasteiger partial charge in [0.25, 0.3) is 17.0 Å². The first-order chi connectivity index (χ1) is 14.1. The molecule has 4 rings (SSSR count). The highest BCUT2D eigenvalue weighted by molar-refractivity contribution is 6.11. The molecular formula is C21H17N5O3. The van der Waals surface area contributed by atoms with Gasteiger partial charge in [-0.3, -0.25) is 14.4 Å². The minimum atomic E-state index is -0.421. The number of benzene rings is 2. The number of nitrogens with zero attached hydrogens (tertiary/aromatic N) is 3. The average molecular weight is 387 g/mol. The van der Waals surface area contributed by atoms with Gasteiger partial charge < -0.3 is 5.32 Å². The van der Waals surface area contributed by atoms with E-state index in [9.17, 15) is 14.4 Å². The molecule has 0 aliphatic heterocycles. The number of nitrogens with one attached hydrogen (secondary N) is 2. The molecule has 0 radical (unpaired) electrons. The molecule has 0 aliphatic carbocycles. The van der Waals surface area contributed by atoms with Crippen molar-refractivity contribution in [3.8, 4) is 11.3 Å². The number of hydrogen-bond donors (Lipinski definition) is 2. The Morgan fingerprint density at radius 1 is 1.03 bits per heavy atom. The topological polar surface area (TPSA) is 110 Å². The normalized spacial score (nSPS) is 10.8. The second kappa shape index (κ2) is 7.51. The molecule has 0 saturated heterocycles. The van der Waals surface area contributed by atoms with Crippen molar-refractivity contribution in [3.63, 3.8) is 0 Å². The highest BCUT2D eigenvalue weighted by atomic mass is 16.2. The van der Waals surface area contributed by atoms with Crippen LogP contribution in [0.1, 0.15) is 17.4 Å². The third-order valence-electron chi connectivity index (χ3n) is 4.48. The summed E-state index contributed by atoms with van der Waals surface area (Å²) in [7, 11) is 0. The molecule has 0 aliphatic rings. The molecule has 29 heavy (non-hydrogen) atoms. The monoisotopic (exact) mass is 387 g/mol. The van der Waals surface area contributed by atoms with E-state index in [-0.39, 0.29) is 16.8 Å². The fourth-order valence-corrected chi connectivity index (χ4v) is 3.07. The van der Waals surface area contributed by atoms with Gasteiger partial charge in [-0.05, 0) is 31.2 Å². The lowest BCUT2D eigenvalue weighted by molar-refractivity contribution is 0.102. The number of carbonyl (C=O) groups is 1. The van der Waals surface area contributed by atoms with Crippen LogP contribution in [0, 0.1) is 0 Å². The summed E-state index contributed by atoms with van der Waals surface area (Å²) in [6, 6.07) is 17.0. The van der Waals surface area contributed by atoms with Crippen molar-refractivity contribution in [2.75, 3.05) is 5.32 Å². The number of hydrogen-bond acceptors (Lipinski definition) is 5. The number of rotatable bonds is 4. The summed E-state index contributed by atoms with van der Waals surface area (Å²) in [5, 5.41) is 14.4. The standard InChI is InChI=1S/C21H17N5O3/c1-2-26-21(29)16-9-4-3-8-15(16)19(25-26)20(28)22-14-7-5-6-13(12-14)17-10-11-18(27)24-23-17/h3-12H,2H2,1H3,(H,22,28)(H,24,27). The first-order valence-corrected chi connectivity index (χ1v) is 9.04. The second-order valence-electron chi connectivity index (χ2n) is 6.36. The highest BCUT2D eigenvalue weighted by Crippen LogP contribution is 2.21. The van der Waals surface area contributed by atoms with Gasteiger partial charge in [-0.2, -0.15) is 10.2 Å². The molecule has 2 N–H and O–H groups in total. The maximum atomic E-state index is 12.9. The predicted molar refractivity (Wildman–Crippen MR) is 110 cm³/mol. The molecule has 1 amide bonds. The van der Waals surface area contributed by atoms with Crippen LogP contribution in [0.15, 0.2) is 70.3 Å². The molecular weight excluding hydrogens is 370 g/mol. The fourth-order valence-electron chi connectivity index (χ4n) is 3.07. The van der Waals surface area contributed by atoms with Gasteiger partial charge in [-0.1, -0.05) is 30.3 Å². The summed E-state index contributed by atoms with van der Waals surface area (Å²) < 4.78 is 1.28. The van der Waals surface area contributed by atoms with Crippen molar-refractivity contribution in [2.24, 2.45) is 0 Å². The average Bonchev–Trinajstić information content (AvgIpc) is 2.75. The summed E-state index contributed by atoms with van der Waals surface area (Å²) in [5.41, 5.74) is 1.50. The van der Waals surface area contributed by atoms with Gasteiger partial charge in [-0.25, -0.2) is 9.78 Å². The molecule has 0 unspecified atom stereocenters. The summed E-state index contributed by atoms with van der Waals surface area (Å²) in [6.45, 7) is 2.16. The van der Waals surface area contributed by atoms with E-state index in [0.717, 1.165) is 5.56 Å². The molecule has 2 aromatic carbocycles. The molecule has 2 heterocycles. The van der Waals surface area contributed by atoms with E-state index >= 15 is 0 Å². The Labute approximate surface area is 164 Å². The van der Waals surface area contributed by atoms with E-state index in [1.54, 1.807) is 55.5 Å². The minimum absolute atomic E-state index is 0.176. The Hall–Kier alpha value is -4.07. The molecule has 4 aromatic rings. The van der Waals surface area contributed by atoms with Crippen LogP contribution in [0.5, 0.6) is 0 Å². The van der Waals surface area contributed by atoms with Crippen LogP contribution in [-0.2, 0) is 6.54 Å². The van der Waals surface area contributed by atoms with Gasteiger partial charge in [0.2, 0.25) is 0 Å². The number of aryl methyl sites for hydroxylation is 1. The largest absolute Gasteiger partial charge is 0.321 e. The number of carbonyl (C=O) groups excluding carboxylic acids is 1. The molecule has 2 aromatic heterocycles. The Bertz CT molecular complexity index is 1320. The van der Waals surface area contributed by atoms with Crippen LogP contribution < -0.4 is 16.4 Å². The Balaban J connectivity index is 1.71. The summed E-state index contributed by atoms with van der Waals surface area (Å²) in [5.74, 6) is -0.421. The molecule has 0 spiro atoms.